The van der Waals surface area contributed by atoms with Gasteiger partial charge in [0, 0.05) is 19.0 Å². The molecule has 0 unspecified atom stereocenters. The summed E-state index contributed by atoms with van der Waals surface area (Å²) in [5.41, 5.74) is 6.92. The number of imidazole rings is 2. The minimum absolute atomic E-state index is 0.0114. The van der Waals surface area contributed by atoms with Gasteiger partial charge in [0.25, 0.3) is 0 Å². The summed E-state index contributed by atoms with van der Waals surface area (Å²) in [6, 6.07) is 16.4. The molecule has 258 valence electrons. The largest absolute Gasteiger partial charge is 0.371 e. The van der Waals surface area contributed by atoms with E-state index < -0.39 is 0 Å². The minimum atomic E-state index is -0.390. The van der Waals surface area contributed by atoms with Gasteiger partial charge in [0.1, 0.15) is 24.0 Å². The molecule has 3 atom stereocenters. The molecule has 0 aliphatic carbocycles. The molecule has 0 saturated carbocycles. The lowest BCUT2D eigenvalue weighted by atomic mass is 10.0. The summed E-state index contributed by atoms with van der Waals surface area (Å²) in [4.78, 5) is 55.0. The molecular formula is C39H45N9O2. The second-order valence-corrected chi connectivity index (χ2v) is 14.0. The van der Waals surface area contributed by atoms with Crippen molar-refractivity contribution in [2.45, 2.75) is 71.5 Å². The van der Waals surface area contributed by atoms with Crippen molar-refractivity contribution in [3.05, 3.63) is 91.3 Å². The van der Waals surface area contributed by atoms with E-state index in [1.807, 2.05) is 49.9 Å². The van der Waals surface area contributed by atoms with Crippen molar-refractivity contribution in [2.75, 3.05) is 18.4 Å². The van der Waals surface area contributed by atoms with Gasteiger partial charge in [-0.25, -0.2) is 19.9 Å². The Morgan fingerprint density at radius 3 is 1.60 bits per heavy atom. The Morgan fingerprint density at radius 1 is 0.680 bits per heavy atom. The number of anilines is 1. The summed E-state index contributed by atoms with van der Waals surface area (Å²) in [6.07, 6.45) is 12.3. The van der Waals surface area contributed by atoms with Crippen LogP contribution >= 0.6 is 0 Å². The predicted octanol–water partition coefficient (Wildman–Crippen LogP) is 7.04. The van der Waals surface area contributed by atoms with Crippen LogP contribution < -0.4 is 5.32 Å². The van der Waals surface area contributed by atoms with Crippen LogP contribution in [0.5, 0.6) is 0 Å². The minimum Gasteiger partial charge on any atom is -0.371 e. The molecule has 2 fully saturated rings. The number of hydrogen-bond acceptors (Lipinski definition) is 7. The van der Waals surface area contributed by atoms with Crippen molar-refractivity contribution in [1.82, 2.24) is 39.7 Å². The third kappa shape index (κ3) is 6.77. The van der Waals surface area contributed by atoms with Gasteiger partial charge in [-0.15, -0.1) is 0 Å². The van der Waals surface area contributed by atoms with Crippen LogP contribution in [0.3, 0.4) is 0 Å². The van der Waals surface area contributed by atoms with Gasteiger partial charge in [0.15, 0.2) is 0 Å². The van der Waals surface area contributed by atoms with Gasteiger partial charge in [-0.2, -0.15) is 0 Å². The van der Waals surface area contributed by atoms with Gasteiger partial charge < -0.3 is 25.1 Å². The van der Waals surface area contributed by atoms with Gasteiger partial charge >= 0.3 is 0 Å². The van der Waals surface area contributed by atoms with E-state index in [2.05, 4.69) is 78.8 Å². The number of aromatic nitrogens is 6. The molecule has 2 amide bonds. The van der Waals surface area contributed by atoms with Crippen LogP contribution in [0.1, 0.15) is 77.1 Å². The Bertz CT molecular complexity index is 1910. The first-order valence-electron chi connectivity index (χ1n) is 17.7. The summed E-state index contributed by atoms with van der Waals surface area (Å²) in [5.74, 6) is 1.98. The first kappa shape index (κ1) is 33.2. The lowest BCUT2D eigenvalue weighted by Crippen LogP contribution is -2.45. The molecule has 50 heavy (non-hydrogen) atoms. The molecule has 11 heteroatoms. The van der Waals surface area contributed by atoms with Gasteiger partial charge in [-0.1, -0.05) is 76.2 Å². The number of carbonyl (C=O) groups is 2. The molecule has 0 bridgehead atoms. The van der Waals surface area contributed by atoms with E-state index in [0.29, 0.717) is 6.54 Å². The molecule has 3 N–H and O–H groups in total. The van der Waals surface area contributed by atoms with Crippen LogP contribution in [0.15, 0.2) is 79.6 Å². The zero-order valence-corrected chi connectivity index (χ0v) is 29.1. The number of nitrogens with zero attached hydrogens (tertiary/aromatic N) is 6. The monoisotopic (exact) mass is 671 g/mol. The highest BCUT2D eigenvalue weighted by Crippen LogP contribution is 2.35. The van der Waals surface area contributed by atoms with E-state index >= 15 is 0 Å². The second-order valence-electron chi connectivity index (χ2n) is 14.0. The average molecular weight is 672 g/mol. The van der Waals surface area contributed by atoms with Gasteiger partial charge in [-0.05, 0) is 53.9 Å². The fraction of sp³-hybridized carbons (Fsp3) is 0.385. The molecule has 7 rings (SSSR count). The van der Waals surface area contributed by atoms with Crippen LogP contribution in [-0.2, 0) is 9.59 Å². The number of aromatic amines is 2. The Morgan fingerprint density at radius 2 is 1.14 bits per heavy atom. The molecule has 2 saturated heterocycles. The molecular weight excluding hydrogens is 626 g/mol. The van der Waals surface area contributed by atoms with Crippen LogP contribution in [0.2, 0.25) is 0 Å². The van der Waals surface area contributed by atoms with Gasteiger partial charge in [0.05, 0.1) is 53.9 Å². The summed E-state index contributed by atoms with van der Waals surface area (Å²) in [6.45, 7) is 9.48. The van der Waals surface area contributed by atoms with Crippen LogP contribution in [0.25, 0.3) is 33.6 Å². The summed E-state index contributed by atoms with van der Waals surface area (Å²) in [7, 11) is 0. The first-order valence-corrected chi connectivity index (χ1v) is 17.7. The van der Waals surface area contributed by atoms with Crippen molar-refractivity contribution < 1.29 is 9.59 Å². The quantitative estimate of drug-likeness (QED) is 0.145. The van der Waals surface area contributed by atoms with Crippen molar-refractivity contribution in [2.24, 2.45) is 11.8 Å². The van der Waals surface area contributed by atoms with Crippen molar-refractivity contribution in [3.8, 4) is 33.6 Å². The molecule has 2 aliphatic rings. The highest BCUT2D eigenvalue weighted by molar-refractivity contribution is 5.85. The van der Waals surface area contributed by atoms with E-state index in [-0.39, 0.29) is 41.8 Å². The fourth-order valence-corrected chi connectivity index (χ4v) is 7.20. The zero-order chi connectivity index (χ0) is 34.8. The Labute approximate surface area is 293 Å². The number of carbonyl (C=O) groups excluding carboxylic acids is 2. The molecule has 0 radical (unpaired) electrons. The highest BCUT2D eigenvalue weighted by Gasteiger charge is 2.37. The van der Waals surface area contributed by atoms with Gasteiger partial charge in [-0.3, -0.25) is 9.59 Å². The van der Waals surface area contributed by atoms with E-state index in [9.17, 15) is 9.59 Å². The number of benzene rings is 2. The summed E-state index contributed by atoms with van der Waals surface area (Å²) >= 11 is 0. The number of H-pyrrole nitrogens is 2. The maximum absolute atomic E-state index is 13.8. The Kier molecular flexibility index (Phi) is 9.47. The van der Waals surface area contributed by atoms with Crippen molar-refractivity contribution >= 4 is 17.5 Å². The van der Waals surface area contributed by atoms with Crippen molar-refractivity contribution in [1.29, 1.82) is 0 Å². The van der Waals surface area contributed by atoms with E-state index in [4.69, 9.17) is 4.98 Å². The van der Waals surface area contributed by atoms with Crippen LogP contribution in [-0.4, -0.2) is 70.6 Å². The SMILES string of the molecule is CC(C)C(=O)N1CCC[C@H]1c1ncc(-c2ccc(-c3ccc(-c4cnc([C@@H]5CCCN5C(=O)[C@@H](Nc5cncnc5)C(C)C)[nH]4)cc3)cc2)[nH]1. The predicted molar refractivity (Wildman–Crippen MR) is 194 cm³/mol. The highest BCUT2D eigenvalue weighted by atomic mass is 16.2. The molecule has 3 aromatic heterocycles. The number of hydrogen-bond donors (Lipinski definition) is 3. The zero-order valence-electron chi connectivity index (χ0n) is 29.1. The maximum Gasteiger partial charge on any atom is 0.245 e. The summed E-state index contributed by atoms with van der Waals surface area (Å²) < 4.78 is 0. The molecule has 11 nitrogen and oxygen atoms in total. The number of amides is 2. The maximum atomic E-state index is 13.8. The Balaban J connectivity index is 1.01. The third-order valence-corrected chi connectivity index (χ3v) is 9.93. The average Bonchev–Trinajstić information content (AvgIpc) is 3.97. The molecule has 5 heterocycles. The van der Waals surface area contributed by atoms with E-state index in [1.54, 1.807) is 12.4 Å². The van der Waals surface area contributed by atoms with Crippen molar-refractivity contribution in [3.63, 3.8) is 0 Å². The fourth-order valence-electron chi connectivity index (χ4n) is 7.20. The summed E-state index contributed by atoms with van der Waals surface area (Å²) in [5, 5.41) is 3.34. The third-order valence-electron chi connectivity index (χ3n) is 9.93. The lowest BCUT2D eigenvalue weighted by molar-refractivity contribution is -0.135. The number of rotatable bonds is 10. The standard InChI is InChI=1S/C39H45N9O2/c1-24(2)35(44-30-19-40-23-41-20-30)39(50)48-18-6-8-34(48)37-43-22-32(46-37)29-15-11-27(12-16-29)26-9-13-28(14-10-26)31-21-42-36(45-31)33-7-5-17-47(33)38(49)25(3)4/h9-16,19-25,33-35,44H,5-8,17-18H2,1-4H3,(H,42,45)(H,43,46)/t33-,34-,35-/m0/s1. The lowest BCUT2D eigenvalue weighted by Gasteiger charge is -2.30. The van der Waals surface area contributed by atoms with E-state index in [0.717, 1.165) is 83.2 Å². The molecule has 0 spiro atoms. The van der Waals surface area contributed by atoms with Crippen LogP contribution in [0.4, 0.5) is 5.69 Å². The van der Waals surface area contributed by atoms with Crippen LogP contribution in [0, 0.1) is 11.8 Å². The second kappa shape index (κ2) is 14.3. The smallest absolute Gasteiger partial charge is 0.245 e. The van der Waals surface area contributed by atoms with Gasteiger partial charge in [0.2, 0.25) is 11.8 Å². The molecule has 5 aromatic rings. The molecule has 2 aromatic carbocycles. The number of likely N-dealkylation sites (tertiary alicyclic amines) is 2. The first-order chi connectivity index (χ1) is 24.3. The molecule has 2 aliphatic heterocycles. The number of nitrogens with one attached hydrogen (secondary N) is 3. The Hall–Kier alpha value is -5.32. The van der Waals surface area contributed by atoms with E-state index in [1.165, 1.54) is 6.33 Å². The topological polar surface area (TPSA) is 136 Å². The normalized spacial score (nSPS) is 18.3.